The molecule has 3 aromatic carbocycles. The van der Waals surface area contributed by atoms with Gasteiger partial charge in [0.15, 0.2) is 10.1 Å². The van der Waals surface area contributed by atoms with E-state index in [0.29, 0.717) is 33.7 Å². The standard InChI is InChI=1S/C24H19N3O3S2/c1-29-17-12-13-18(30-2)21-20(17)26-24(32-21)27(14-15-8-4-3-5-9-15)23(28)22-25-16-10-6-7-11-19(16)31-22/h3-13H,14H2,1-2H3. The fourth-order valence-corrected chi connectivity index (χ4v) is 5.45. The summed E-state index contributed by atoms with van der Waals surface area (Å²) in [6, 6.07) is 21.3. The van der Waals surface area contributed by atoms with Crippen LogP contribution in [0.25, 0.3) is 20.4 Å². The Morgan fingerprint density at radius 2 is 1.59 bits per heavy atom. The molecule has 8 heteroatoms. The summed E-state index contributed by atoms with van der Waals surface area (Å²) in [7, 11) is 3.23. The van der Waals surface area contributed by atoms with Gasteiger partial charge in [-0.15, -0.1) is 11.3 Å². The molecule has 0 aliphatic rings. The molecule has 160 valence electrons. The van der Waals surface area contributed by atoms with Gasteiger partial charge in [-0.05, 0) is 29.8 Å². The fourth-order valence-electron chi connectivity index (χ4n) is 3.46. The summed E-state index contributed by atoms with van der Waals surface area (Å²) >= 11 is 2.79. The Morgan fingerprint density at radius 3 is 2.34 bits per heavy atom. The second-order valence-electron chi connectivity index (χ2n) is 7.01. The molecular weight excluding hydrogens is 442 g/mol. The van der Waals surface area contributed by atoms with Crippen molar-refractivity contribution in [1.82, 2.24) is 9.97 Å². The van der Waals surface area contributed by atoms with E-state index in [4.69, 9.17) is 14.5 Å². The number of benzene rings is 3. The highest BCUT2D eigenvalue weighted by Crippen LogP contribution is 2.41. The number of hydrogen-bond donors (Lipinski definition) is 0. The lowest BCUT2D eigenvalue weighted by atomic mass is 10.2. The molecule has 5 rings (SSSR count). The number of carbonyl (C=O) groups is 1. The molecule has 0 saturated carbocycles. The van der Waals surface area contributed by atoms with Crippen molar-refractivity contribution in [2.24, 2.45) is 0 Å². The third-order valence-corrected chi connectivity index (χ3v) is 7.15. The number of nitrogens with zero attached hydrogens (tertiary/aromatic N) is 3. The predicted molar refractivity (Wildman–Crippen MR) is 129 cm³/mol. The van der Waals surface area contributed by atoms with Gasteiger partial charge < -0.3 is 9.47 Å². The third-order valence-electron chi connectivity index (χ3n) is 5.04. The maximum Gasteiger partial charge on any atom is 0.289 e. The summed E-state index contributed by atoms with van der Waals surface area (Å²) in [5, 5.41) is 0.997. The first-order valence-corrected chi connectivity index (χ1v) is 11.5. The molecule has 6 nitrogen and oxygen atoms in total. The minimum absolute atomic E-state index is 0.188. The molecule has 0 aliphatic heterocycles. The number of aromatic nitrogens is 2. The third kappa shape index (κ3) is 3.68. The van der Waals surface area contributed by atoms with Crippen LogP contribution in [0.2, 0.25) is 0 Å². The maximum atomic E-state index is 13.7. The average Bonchev–Trinajstić information content (AvgIpc) is 3.47. The number of carbonyl (C=O) groups excluding carboxylic acids is 1. The van der Waals surface area contributed by atoms with Crippen LogP contribution >= 0.6 is 22.7 Å². The van der Waals surface area contributed by atoms with Gasteiger partial charge in [0.2, 0.25) is 0 Å². The van der Waals surface area contributed by atoms with Gasteiger partial charge in [-0.3, -0.25) is 9.69 Å². The zero-order valence-electron chi connectivity index (χ0n) is 17.4. The van der Waals surface area contributed by atoms with Gasteiger partial charge in [0, 0.05) is 0 Å². The van der Waals surface area contributed by atoms with Crippen LogP contribution in [-0.4, -0.2) is 30.1 Å². The number of anilines is 1. The van der Waals surface area contributed by atoms with Crippen molar-refractivity contribution in [1.29, 1.82) is 0 Å². The van der Waals surface area contributed by atoms with Gasteiger partial charge in [-0.1, -0.05) is 53.8 Å². The molecule has 0 N–H and O–H groups in total. The number of ether oxygens (including phenoxy) is 2. The number of fused-ring (bicyclic) bond motifs is 2. The van der Waals surface area contributed by atoms with Crippen LogP contribution in [0.3, 0.4) is 0 Å². The molecule has 5 aromatic rings. The lowest BCUT2D eigenvalue weighted by Crippen LogP contribution is -2.30. The second-order valence-corrected chi connectivity index (χ2v) is 9.02. The summed E-state index contributed by atoms with van der Waals surface area (Å²) < 4.78 is 12.8. The smallest absolute Gasteiger partial charge is 0.289 e. The van der Waals surface area contributed by atoms with Crippen LogP contribution in [-0.2, 0) is 6.54 Å². The summed E-state index contributed by atoms with van der Waals surface area (Å²) in [4.78, 5) is 24.7. The van der Waals surface area contributed by atoms with E-state index in [1.54, 1.807) is 19.1 Å². The fraction of sp³-hybridized carbons (Fsp3) is 0.125. The summed E-state index contributed by atoms with van der Waals surface area (Å²) in [6.07, 6.45) is 0. The number of rotatable bonds is 6. The number of thiazole rings is 2. The van der Waals surface area contributed by atoms with Gasteiger partial charge in [0.05, 0.1) is 31.0 Å². The van der Waals surface area contributed by atoms with E-state index in [0.717, 1.165) is 20.5 Å². The maximum absolute atomic E-state index is 13.7. The van der Waals surface area contributed by atoms with Crippen molar-refractivity contribution < 1.29 is 14.3 Å². The number of para-hydroxylation sites is 1. The highest BCUT2D eigenvalue weighted by atomic mass is 32.1. The summed E-state index contributed by atoms with van der Waals surface area (Å²) in [5.74, 6) is 1.14. The Bertz CT molecular complexity index is 1340. The Labute approximate surface area is 192 Å². The second kappa shape index (κ2) is 8.57. The van der Waals surface area contributed by atoms with Crippen molar-refractivity contribution in [2.45, 2.75) is 6.54 Å². The molecule has 0 saturated heterocycles. The van der Waals surface area contributed by atoms with Crippen molar-refractivity contribution >= 4 is 54.1 Å². The van der Waals surface area contributed by atoms with E-state index >= 15 is 0 Å². The Kier molecular flexibility index (Phi) is 5.46. The molecule has 0 unspecified atom stereocenters. The molecule has 0 aliphatic carbocycles. The minimum Gasteiger partial charge on any atom is -0.495 e. The number of hydrogen-bond acceptors (Lipinski definition) is 7. The number of methoxy groups -OCH3 is 2. The van der Waals surface area contributed by atoms with Crippen LogP contribution in [0.4, 0.5) is 5.13 Å². The highest BCUT2D eigenvalue weighted by molar-refractivity contribution is 7.23. The van der Waals surface area contributed by atoms with Crippen LogP contribution in [0.1, 0.15) is 15.4 Å². The molecule has 2 heterocycles. The van der Waals surface area contributed by atoms with E-state index in [9.17, 15) is 4.79 Å². The lowest BCUT2D eigenvalue weighted by molar-refractivity contribution is 0.0985. The Morgan fingerprint density at radius 1 is 0.875 bits per heavy atom. The molecule has 0 atom stereocenters. The van der Waals surface area contributed by atoms with Gasteiger partial charge in [0.25, 0.3) is 5.91 Å². The van der Waals surface area contributed by atoms with E-state index in [1.165, 1.54) is 22.7 Å². The van der Waals surface area contributed by atoms with E-state index in [1.807, 2.05) is 66.7 Å². The Balaban J connectivity index is 1.63. The molecule has 1 amide bonds. The van der Waals surface area contributed by atoms with Crippen molar-refractivity contribution in [3.63, 3.8) is 0 Å². The van der Waals surface area contributed by atoms with Crippen molar-refractivity contribution in [3.05, 3.63) is 77.3 Å². The zero-order valence-corrected chi connectivity index (χ0v) is 19.1. The molecule has 32 heavy (non-hydrogen) atoms. The summed E-state index contributed by atoms with van der Waals surface area (Å²) in [5.41, 5.74) is 2.48. The van der Waals surface area contributed by atoms with Crippen LogP contribution < -0.4 is 14.4 Å². The molecule has 0 radical (unpaired) electrons. The molecule has 0 fully saturated rings. The first-order valence-electron chi connectivity index (χ1n) is 9.91. The van der Waals surface area contributed by atoms with E-state index in [2.05, 4.69) is 4.98 Å². The normalized spacial score (nSPS) is 11.1. The summed E-state index contributed by atoms with van der Waals surface area (Å²) in [6.45, 7) is 0.375. The molecule has 2 aromatic heterocycles. The quantitative estimate of drug-likeness (QED) is 0.321. The molecule has 0 spiro atoms. The first kappa shape index (κ1) is 20.4. The molecule has 0 bridgehead atoms. The van der Waals surface area contributed by atoms with Gasteiger partial charge in [-0.25, -0.2) is 9.97 Å². The monoisotopic (exact) mass is 461 g/mol. The molecular formula is C24H19N3O3S2. The van der Waals surface area contributed by atoms with E-state index in [-0.39, 0.29) is 5.91 Å². The predicted octanol–water partition coefficient (Wildman–Crippen LogP) is 5.77. The average molecular weight is 462 g/mol. The van der Waals surface area contributed by atoms with Gasteiger partial charge in [0.1, 0.15) is 21.7 Å². The number of amides is 1. The van der Waals surface area contributed by atoms with Crippen LogP contribution in [0.15, 0.2) is 66.7 Å². The van der Waals surface area contributed by atoms with Gasteiger partial charge >= 0.3 is 0 Å². The van der Waals surface area contributed by atoms with Crippen molar-refractivity contribution in [3.8, 4) is 11.5 Å². The SMILES string of the molecule is COc1ccc(OC)c2sc(N(Cc3ccccc3)C(=O)c3nc4ccccc4s3)nc12. The van der Waals surface area contributed by atoms with Gasteiger partial charge in [-0.2, -0.15) is 0 Å². The minimum atomic E-state index is -0.188. The highest BCUT2D eigenvalue weighted by Gasteiger charge is 2.26. The first-order chi connectivity index (χ1) is 15.7. The van der Waals surface area contributed by atoms with Crippen LogP contribution in [0.5, 0.6) is 11.5 Å². The zero-order chi connectivity index (χ0) is 22.1. The largest absolute Gasteiger partial charge is 0.495 e. The van der Waals surface area contributed by atoms with Crippen molar-refractivity contribution in [2.75, 3.05) is 19.1 Å². The Hall–Kier alpha value is -3.49. The topological polar surface area (TPSA) is 64.6 Å². The van der Waals surface area contributed by atoms with Crippen LogP contribution in [0, 0.1) is 0 Å². The lowest BCUT2D eigenvalue weighted by Gasteiger charge is -2.18. The van der Waals surface area contributed by atoms with E-state index < -0.39 is 0 Å².